The Morgan fingerprint density at radius 2 is 2.05 bits per heavy atom. The van der Waals surface area contributed by atoms with Crippen LogP contribution in [0.3, 0.4) is 0 Å². The smallest absolute Gasteiger partial charge is 0.249 e. The topological polar surface area (TPSA) is 87.2 Å². The fraction of sp³-hybridized carbons (Fsp3) is 0.571. The molecule has 2 aliphatic heterocycles. The average Bonchev–Trinajstić information content (AvgIpc) is 2.95. The number of hydrogen-bond acceptors (Lipinski definition) is 6. The van der Waals surface area contributed by atoms with Crippen molar-refractivity contribution in [3.63, 3.8) is 0 Å². The number of hydrogen-bond donors (Lipinski definition) is 2. The number of nitrogens with zero attached hydrogens (tertiary/aromatic N) is 3. The highest BCUT2D eigenvalue weighted by Crippen LogP contribution is 2.21. The highest BCUT2D eigenvalue weighted by atomic mass is 16.2. The lowest BCUT2D eigenvalue weighted by molar-refractivity contribution is -0.133. The third-order valence-electron chi connectivity index (χ3n) is 3.82. The van der Waals surface area contributed by atoms with Crippen LogP contribution in [-0.2, 0) is 9.59 Å². The molecule has 1 aromatic rings. The Hall–Kier alpha value is -2.18. The van der Waals surface area contributed by atoms with Crippen LogP contribution in [0.5, 0.6) is 0 Å². The first-order valence-electron chi connectivity index (χ1n) is 7.33. The van der Waals surface area contributed by atoms with Crippen molar-refractivity contribution in [1.29, 1.82) is 0 Å². The number of aromatic nitrogens is 2. The summed E-state index contributed by atoms with van der Waals surface area (Å²) < 4.78 is 0. The van der Waals surface area contributed by atoms with Gasteiger partial charge in [0, 0.05) is 25.6 Å². The minimum absolute atomic E-state index is 0.213. The number of imide groups is 1. The summed E-state index contributed by atoms with van der Waals surface area (Å²) in [5.74, 6) is 1.71. The van der Waals surface area contributed by atoms with E-state index in [0.717, 1.165) is 18.9 Å². The largest absolute Gasteiger partial charge is 0.358 e. The Bertz CT molecular complexity index is 568. The zero-order chi connectivity index (χ0) is 14.8. The second-order valence-electron chi connectivity index (χ2n) is 5.50. The maximum Gasteiger partial charge on any atom is 0.249 e. The standard InChI is InChI=1S/C14H19N5O2/c1-9-15-11(8-12(16-9)19-6-2-3-7-19)17-10-4-5-13(20)18-14(10)21/h8,10H,2-7H2,1H3,(H,15,16,17)(H,18,20,21). The molecule has 2 saturated heterocycles. The Labute approximate surface area is 123 Å². The summed E-state index contributed by atoms with van der Waals surface area (Å²) in [7, 11) is 0. The Morgan fingerprint density at radius 3 is 2.76 bits per heavy atom. The third kappa shape index (κ3) is 3.12. The van der Waals surface area contributed by atoms with Gasteiger partial charge in [-0.3, -0.25) is 14.9 Å². The monoisotopic (exact) mass is 289 g/mol. The van der Waals surface area contributed by atoms with Crippen LogP contribution in [0, 0.1) is 6.92 Å². The number of nitrogens with one attached hydrogen (secondary N) is 2. The van der Waals surface area contributed by atoms with E-state index >= 15 is 0 Å². The number of carbonyl (C=O) groups excluding carboxylic acids is 2. The van der Waals surface area contributed by atoms with Gasteiger partial charge < -0.3 is 10.2 Å². The molecule has 1 unspecified atom stereocenters. The quantitative estimate of drug-likeness (QED) is 0.793. The lowest BCUT2D eigenvalue weighted by Gasteiger charge is -2.23. The zero-order valence-electron chi connectivity index (χ0n) is 12.1. The van der Waals surface area contributed by atoms with Crippen LogP contribution in [0.15, 0.2) is 6.07 Å². The average molecular weight is 289 g/mol. The van der Waals surface area contributed by atoms with Crippen LogP contribution in [-0.4, -0.2) is 40.9 Å². The SMILES string of the molecule is Cc1nc(NC2CCC(=O)NC2=O)cc(N2CCCC2)n1. The first kappa shape index (κ1) is 13.8. The van der Waals surface area contributed by atoms with Gasteiger partial charge in [0.15, 0.2) is 0 Å². The molecule has 2 amide bonds. The van der Waals surface area contributed by atoms with Gasteiger partial charge in [0.2, 0.25) is 11.8 Å². The molecule has 3 heterocycles. The molecule has 1 atom stereocenters. The van der Waals surface area contributed by atoms with Crippen molar-refractivity contribution in [1.82, 2.24) is 15.3 Å². The Balaban J connectivity index is 1.75. The maximum atomic E-state index is 11.8. The van der Waals surface area contributed by atoms with Crippen LogP contribution in [0.2, 0.25) is 0 Å². The van der Waals surface area contributed by atoms with Crippen molar-refractivity contribution in [2.45, 2.75) is 38.6 Å². The minimum Gasteiger partial charge on any atom is -0.358 e. The van der Waals surface area contributed by atoms with Crippen molar-refractivity contribution in [3.8, 4) is 0 Å². The van der Waals surface area contributed by atoms with E-state index in [1.807, 2.05) is 13.0 Å². The normalized spacial score (nSPS) is 22.3. The van der Waals surface area contributed by atoms with Gasteiger partial charge in [0.05, 0.1) is 0 Å². The molecule has 2 fully saturated rings. The van der Waals surface area contributed by atoms with E-state index in [1.54, 1.807) is 0 Å². The van der Waals surface area contributed by atoms with Gasteiger partial charge in [-0.25, -0.2) is 9.97 Å². The summed E-state index contributed by atoms with van der Waals surface area (Å²) in [5.41, 5.74) is 0. The summed E-state index contributed by atoms with van der Waals surface area (Å²) in [4.78, 5) is 34.0. The zero-order valence-corrected chi connectivity index (χ0v) is 12.1. The van der Waals surface area contributed by atoms with Gasteiger partial charge in [-0.2, -0.15) is 0 Å². The molecule has 0 spiro atoms. The van der Waals surface area contributed by atoms with Crippen LogP contribution >= 0.6 is 0 Å². The van der Waals surface area contributed by atoms with Gasteiger partial charge in [-0.15, -0.1) is 0 Å². The van der Waals surface area contributed by atoms with Crippen molar-refractivity contribution >= 4 is 23.5 Å². The first-order valence-corrected chi connectivity index (χ1v) is 7.33. The number of rotatable bonds is 3. The number of piperidine rings is 1. The third-order valence-corrected chi connectivity index (χ3v) is 3.82. The van der Waals surface area contributed by atoms with Crippen LogP contribution in [0.25, 0.3) is 0 Å². The maximum absolute atomic E-state index is 11.8. The fourth-order valence-electron chi connectivity index (χ4n) is 2.74. The Morgan fingerprint density at radius 1 is 1.29 bits per heavy atom. The molecule has 0 bridgehead atoms. The minimum atomic E-state index is -0.413. The molecule has 7 heteroatoms. The second kappa shape index (κ2) is 5.67. The lowest BCUT2D eigenvalue weighted by Crippen LogP contribution is -2.47. The molecule has 3 rings (SSSR count). The summed E-state index contributed by atoms with van der Waals surface area (Å²) in [6.07, 6.45) is 3.21. The molecule has 2 aliphatic rings. The van der Waals surface area contributed by atoms with Crippen molar-refractivity contribution < 1.29 is 9.59 Å². The van der Waals surface area contributed by atoms with Gasteiger partial charge >= 0.3 is 0 Å². The van der Waals surface area contributed by atoms with E-state index in [2.05, 4.69) is 25.5 Å². The molecular formula is C14H19N5O2. The molecular weight excluding hydrogens is 270 g/mol. The van der Waals surface area contributed by atoms with E-state index < -0.39 is 6.04 Å². The highest BCUT2D eigenvalue weighted by Gasteiger charge is 2.27. The molecule has 112 valence electrons. The van der Waals surface area contributed by atoms with E-state index in [1.165, 1.54) is 12.8 Å². The summed E-state index contributed by atoms with van der Waals surface area (Å²) in [6, 6.07) is 1.46. The van der Waals surface area contributed by atoms with Crippen molar-refractivity contribution in [3.05, 3.63) is 11.9 Å². The summed E-state index contributed by atoms with van der Waals surface area (Å²) >= 11 is 0. The number of aryl methyl sites for hydroxylation is 1. The van der Waals surface area contributed by atoms with Gasteiger partial charge in [0.25, 0.3) is 0 Å². The number of anilines is 2. The van der Waals surface area contributed by atoms with E-state index in [0.29, 0.717) is 24.5 Å². The predicted molar refractivity (Wildman–Crippen MR) is 78.0 cm³/mol. The molecule has 2 N–H and O–H groups in total. The molecule has 0 saturated carbocycles. The predicted octanol–water partition coefficient (Wildman–Crippen LogP) is 0.602. The molecule has 7 nitrogen and oxygen atoms in total. The van der Waals surface area contributed by atoms with Crippen LogP contribution in [0.1, 0.15) is 31.5 Å². The van der Waals surface area contributed by atoms with E-state index in [4.69, 9.17) is 0 Å². The van der Waals surface area contributed by atoms with Crippen LogP contribution < -0.4 is 15.5 Å². The second-order valence-corrected chi connectivity index (χ2v) is 5.50. The molecule has 0 radical (unpaired) electrons. The van der Waals surface area contributed by atoms with E-state index in [-0.39, 0.29) is 11.8 Å². The van der Waals surface area contributed by atoms with Crippen molar-refractivity contribution in [2.24, 2.45) is 0 Å². The lowest BCUT2D eigenvalue weighted by atomic mass is 10.1. The van der Waals surface area contributed by atoms with E-state index in [9.17, 15) is 9.59 Å². The fourth-order valence-corrected chi connectivity index (χ4v) is 2.74. The van der Waals surface area contributed by atoms with Crippen LogP contribution in [0.4, 0.5) is 11.6 Å². The summed E-state index contributed by atoms with van der Waals surface area (Å²) in [5, 5.41) is 5.45. The highest BCUT2D eigenvalue weighted by molar-refractivity contribution is 6.01. The number of carbonyl (C=O) groups is 2. The van der Waals surface area contributed by atoms with Gasteiger partial charge in [-0.1, -0.05) is 0 Å². The van der Waals surface area contributed by atoms with Gasteiger partial charge in [0.1, 0.15) is 23.5 Å². The van der Waals surface area contributed by atoms with Gasteiger partial charge in [-0.05, 0) is 26.2 Å². The molecule has 1 aromatic heterocycles. The number of amides is 2. The molecule has 0 aromatic carbocycles. The Kier molecular flexibility index (Phi) is 3.72. The first-order chi connectivity index (χ1) is 10.1. The van der Waals surface area contributed by atoms with Crippen molar-refractivity contribution in [2.75, 3.05) is 23.3 Å². The molecule has 0 aliphatic carbocycles. The summed E-state index contributed by atoms with van der Waals surface area (Å²) in [6.45, 7) is 3.86. The molecule has 21 heavy (non-hydrogen) atoms.